The molecule has 7 nitrogen and oxygen atoms in total. The summed E-state index contributed by atoms with van der Waals surface area (Å²) in [5, 5.41) is 0. The summed E-state index contributed by atoms with van der Waals surface area (Å²) in [6.45, 7) is 4.66. The van der Waals surface area contributed by atoms with Crippen molar-refractivity contribution in [2.24, 2.45) is 0 Å². The highest BCUT2D eigenvalue weighted by atomic mass is 16.5. The van der Waals surface area contributed by atoms with Gasteiger partial charge in [0.2, 0.25) is 0 Å². The van der Waals surface area contributed by atoms with Crippen LogP contribution < -0.4 is 14.5 Å². The SMILES string of the molecule is COc1ccccc1N1CCN(C(=O)C[NH+](Cc2ccco2)Cc2ccco2)CC1. The van der Waals surface area contributed by atoms with Gasteiger partial charge in [0, 0.05) is 26.2 Å². The smallest absolute Gasteiger partial charge is 0.277 e. The van der Waals surface area contributed by atoms with Crippen LogP contribution in [0.1, 0.15) is 11.5 Å². The van der Waals surface area contributed by atoms with Crippen molar-refractivity contribution in [2.75, 3.05) is 44.7 Å². The van der Waals surface area contributed by atoms with Crippen LogP contribution in [0.25, 0.3) is 0 Å². The zero-order valence-electron chi connectivity index (χ0n) is 17.3. The number of methoxy groups -OCH3 is 1. The van der Waals surface area contributed by atoms with E-state index in [0.717, 1.165) is 40.9 Å². The summed E-state index contributed by atoms with van der Waals surface area (Å²) < 4.78 is 16.5. The van der Waals surface area contributed by atoms with Gasteiger partial charge in [0.05, 0.1) is 25.3 Å². The number of benzene rings is 1. The molecule has 3 heterocycles. The fraction of sp³-hybridized carbons (Fsp3) is 0.348. The van der Waals surface area contributed by atoms with Gasteiger partial charge in [-0.2, -0.15) is 0 Å². The molecule has 1 aromatic carbocycles. The van der Waals surface area contributed by atoms with Gasteiger partial charge in [-0.1, -0.05) is 12.1 Å². The summed E-state index contributed by atoms with van der Waals surface area (Å²) in [6.07, 6.45) is 3.33. The number of nitrogens with zero attached hydrogens (tertiary/aromatic N) is 2. The van der Waals surface area contributed by atoms with Gasteiger partial charge in [0.15, 0.2) is 18.1 Å². The van der Waals surface area contributed by atoms with Crippen LogP contribution >= 0.6 is 0 Å². The molecule has 0 aliphatic carbocycles. The summed E-state index contributed by atoms with van der Waals surface area (Å²) in [5.74, 6) is 2.75. The number of para-hydroxylation sites is 2. The van der Waals surface area contributed by atoms with Gasteiger partial charge in [-0.3, -0.25) is 4.79 Å². The van der Waals surface area contributed by atoms with Crippen molar-refractivity contribution in [1.82, 2.24) is 4.90 Å². The van der Waals surface area contributed by atoms with Gasteiger partial charge in [0.1, 0.15) is 18.8 Å². The molecule has 1 saturated heterocycles. The third-order valence-corrected chi connectivity index (χ3v) is 5.47. The number of furan rings is 2. The lowest BCUT2D eigenvalue weighted by Crippen LogP contribution is -3.10. The van der Waals surface area contributed by atoms with Gasteiger partial charge in [-0.05, 0) is 36.4 Å². The highest BCUT2D eigenvalue weighted by Crippen LogP contribution is 2.28. The van der Waals surface area contributed by atoms with Crippen LogP contribution in [0.2, 0.25) is 0 Å². The van der Waals surface area contributed by atoms with Crippen molar-refractivity contribution in [3.05, 3.63) is 72.6 Å². The van der Waals surface area contributed by atoms with E-state index in [-0.39, 0.29) is 5.91 Å². The largest absolute Gasteiger partial charge is 0.495 e. The van der Waals surface area contributed by atoms with E-state index < -0.39 is 0 Å². The molecule has 30 heavy (non-hydrogen) atoms. The fourth-order valence-corrected chi connectivity index (χ4v) is 3.92. The first kappa shape index (κ1) is 20.1. The average molecular weight is 410 g/mol. The van der Waals surface area contributed by atoms with E-state index in [0.29, 0.717) is 32.7 Å². The summed E-state index contributed by atoms with van der Waals surface area (Å²) in [6, 6.07) is 15.7. The lowest BCUT2D eigenvalue weighted by molar-refractivity contribution is -0.921. The highest BCUT2D eigenvalue weighted by molar-refractivity contribution is 5.77. The Kier molecular flexibility index (Phi) is 6.39. The Morgan fingerprint density at radius 3 is 2.13 bits per heavy atom. The number of nitrogens with one attached hydrogen (secondary N) is 1. The monoisotopic (exact) mass is 410 g/mol. The van der Waals surface area contributed by atoms with E-state index in [1.54, 1.807) is 19.6 Å². The van der Waals surface area contributed by atoms with E-state index >= 15 is 0 Å². The van der Waals surface area contributed by atoms with E-state index in [1.165, 1.54) is 0 Å². The summed E-state index contributed by atoms with van der Waals surface area (Å²) in [7, 11) is 1.69. The predicted molar refractivity (Wildman–Crippen MR) is 112 cm³/mol. The lowest BCUT2D eigenvalue weighted by Gasteiger charge is -2.36. The number of amides is 1. The maximum absolute atomic E-state index is 13.0. The van der Waals surface area contributed by atoms with Crippen molar-refractivity contribution in [3.8, 4) is 5.75 Å². The highest BCUT2D eigenvalue weighted by Gasteiger charge is 2.26. The van der Waals surface area contributed by atoms with Crippen molar-refractivity contribution in [3.63, 3.8) is 0 Å². The topological polar surface area (TPSA) is 63.5 Å². The lowest BCUT2D eigenvalue weighted by atomic mass is 10.2. The van der Waals surface area contributed by atoms with Gasteiger partial charge in [0.25, 0.3) is 5.91 Å². The molecule has 1 N–H and O–H groups in total. The maximum Gasteiger partial charge on any atom is 0.277 e. The van der Waals surface area contributed by atoms with Gasteiger partial charge >= 0.3 is 0 Å². The van der Waals surface area contributed by atoms with Crippen LogP contribution in [0, 0.1) is 0 Å². The number of hydrogen-bond donors (Lipinski definition) is 1. The van der Waals surface area contributed by atoms with Crippen molar-refractivity contribution in [2.45, 2.75) is 13.1 Å². The zero-order valence-corrected chi connectivity index (χ0v) is 17.3. The molecule has 0 bridgehead atoms. The maximum atomic E-state index is 13.0. The number of hydrogen-bond acceptors (Lipinski definition) is 5. The Balaban J connectivity index is 1.36. The minimum Gasteiger partial charge on any atom is -0.495 e. The molecule has 2 aromatic heterocycles. The zero-order chi connectivity index (χ0) is 20.8. The molecule has 0 unspecified atom stereocenters. The first-order valence-electron chi connectivity index (χ1n) is 10.3. The van der Waals surface area contributed by atoms with E-state index in [9.17, 15) is 4.79 Å². The van der Waals surface area contributed by atoms with Gasteiger partial charge in [-0.25, -0.2) is 0 Å². The molecule has 0 saturated carbocycles. The van der Waals surface area contributed by atoms with Crippen molar-refractivity contribution < 1.29 is 23.3 Å². The van der Waals surface area contributed by atoms with Crippen LogP contribution in [0.5, 0.6) is 5.75 Å². The van der Waals surface area contributed by atoms with Gasteiger partial charge < -0.3 is 28.3 Å². The molecular weight excluding hydrogens is 382 g/mol. The molecule has 158 valence electrons. The normalized spacial score (nSPS) is 14.3. The molecule has 4 rings (SSSR count). The van der Waals surface area contributed by atoms with Crippen molar-refractivity contribution >= 4 is 11.6 Å². The number of ether oxygens (including phenoxy) is 1. The molecule has 0 atom stereocenters. The molecule has 3 aromatic rings. The first-order valence-corrected chi connectivity index (χ1v) is 10.3. The number of quaternary nitrogens is 1. The number of carbonyl (C=O) groups is 1. The molecular formula is C23H28N3O4+. The number of piperazine rings is 1. The van der Waals surface area contributed by atoms with Gasteiger partial charge in [-0.15, -0.1) is 0 Å². The Bertz CT molecular complexity index is 880. The van der Waals surface area contributed by atoms with Crippen molar-refractivity contribution in [1.29, 1.82) is 0 Å². The molecule has 1 fully saturated rings. The Labute approximate surface area is 176 Å². The molecule has 1 amide bonds. The third-order valence-electron chi connectivity index (χ3n) is 5.47. The molecule has 0 radical (unpaired) electrons. The first-order chi connectivity index (χ1) is 14.7. The molecule has 0 spiro atoms. The standard InChI is InChI=1S/C23H27N3O4/c1-28-22-9-3-2-8-21(22)25-10-12-26(13-11-25)23(27)18-24(16-19-6-4-14-29-19)17-20-7-5-15-30-20/h2-9,14-15H,10-13,16-18H2,1H3/p+1. The Morgan fingerprint density at radius 2 is 1.57 bits per heavy atom. The molecule has 7 heteroatoms. The van der Waals surface area contributed by atoms with Crippen LogP contribution in [0.4, 0.5) is 5.69 Å². The van der Waals surface area contributed by atoms with Crippen LogP contribution in [0.15, 0.2) is 69.9 Å². The molecule has 1 aliphatic rings. The van der Waals surface area contributed by atoms with Crippen LogP contribution in [0.3, 0.4) is 0 Å². The summed E-state index contributed by atoms with van der Waals surface area (Å²) in [4.78, 5) is 18.4. The van der Waals surface area contributed by atoms with E-state index in [2.05, 4.69) is 11.0 Å². The summed E-state index contributed by atoms with van der Waals surface area (Å²) >= 11 is 0. The fourth-order valence-electron chi connectivity index (χ4n) is 3.92. The minimum atomic E-state index is 0.155. The average Bonchev–Trinajstić information content (AvgIpc) is 3.48. The second kappa shape index (κ2) is 9.54. The second-order valence-corrected chi connectivity index (χ2v) is 7.48. The number of carbonyl (C=O) groups excluding carboxylic acids is 1. The van der Waals surface area contributed by atoms with Crippen LogP contribution in [-0.2, 0) is 17.9 Å². The predicted octanol–water partition coefficient (Wildman–Crippen LogP) is 1.82. The third kappa shape index (κ3) is 4.86. The minimum absolute atomic E-state index is 0.155. The number of rotatable bonds is 8. The molecule has 1 aliphatic heterocycles. The number of anilines is 1. The Hall–Kier alpha value is -3.19. The van der Waals surface area contributed by atoms with E-state index in [4.69, 9.17) is 13.6 Å². The Morgan fingerprint density at radius 1 is 0.933 bits per heavy atom. The van der Waals surface area contributed by atoms with Crippen LogP contribution in [-0.4, -0.2) is 50.6 Å². The quantitative estimate of drug-likeness (QED) is 0.614. The van der Waals surface area contributed by atoms with E-state index in [1.807, 2.05) is 47.4 Å². The summed E-state index contributed by atoms with van der Waals surface area (Å²) in [5.41, 5.74) is 1.08. The second-order valence-electron chi connectivity index (χ2n) is 7.48.